The maximum Gasteiger partial charge on any atom is 0.260 e. The average Bonchev–Trinajstić information content (AvgIpc) is 2.89. The van der Waals surface area contributed by atoms with Crippen LogP contribution >= 0.6 is 0 Å². The molecule has 3 aromatic rings. The van der Waals surface area contributed by atoms with Gasteiger partial charge in [0, 0.05) is 42.1 Å². The van der Waals surface area contributed by atoms with E-state index in [-0.39, 0.29) is 17.7 Å². The van der Waals surface area contributed by atoms with Gasteiger partial charge in [-0.1, -0.05) is 44.7 Å². The number of nitrogens with one attached hydrogen (secondary N) is 2. The molecule has 2 aliphatic rings. The second-order valence-electron chi connectivity index (χ2n) is 10.4. The molecule has 0 atom stereocenters. The third-order valence-electron chi connectivity index (χ3n) is 7.87. The van der Waals surface area contributed by atoms with Gasteiger partial charge in [0.1, 0.15) is 5.65 Å². The number of unbranched alkanes of at least 4 members (excludes halogenated alkanes) is 1. The Balaban J connectivity index is 1.54. The number of aromatic nitrogens is 3. The highest BCUT2D eigenvalue weighted by atomic mass is 16.3. The van der Waals surface area contributed by atoms with Gasteiger partial charge in [0.2, 0.25) is 5.95 Å². The van der Waals surface area contributed by atoms with E-state index in [1.54, 1.807) is 0 Å². The number of rotatable bonds is 8. The first-order valence-electron chi connectivity index (χ1n) is 13.6. The Morgan fingerprint density at radius 2 is 1.83 bits per heavy atom. The Morgan fingerprint density at radius 1 is 1.03 bits per heavy atom. The van der Waals surface area contributed by atoms with Crippen molar-refractivity contribution in [2.75, 3.05) is 11.9 Å². The lowest BCUT2D eigenvalue weighted by atomic mass is 9.92. The van der Waals surface area contributed by atoms with Crippen molar-refractivity contribution >= 4 is 27.8 Å². The van der Waals surface area contributed by atoms with Crippen LogP contribution < -0.4 is 16.2 Å². The third kappa shape index (κ3) is 5.36. The predicted molar refractivity (Wildman–Crippen MR) is 142 cm³/mol. The topological polar surface area (TPSA) is 92.1 Å². The van der Waals surface area contributed by atoms with Gasteiger partial charge in [0.25, 0.3) is 5.56 Å². The molecule has 2 saturated carbocycles. The first-order chi connectivity index (χ1) is 17.1. The van der Waals surface area contributed by atoms with Crippen molar-refractivity contribution in [2.45, 2.75) is 102 Å². The lowest BCUT2D eigenvalue weighted by Gasteiger charge is -2.28. The number of anilines is 1. The molecule has 35 heavy (non-hydrogen) atoms. The highest BCUT2D eigenvalue weighted by Crippen LogP contribution is 2.32. The van der Waals surface area contributed by atoms with Gasteiger partial charge in [0.05, 0.1) is 6.10 Å². The Labute approximate surface area is 207 Å². The summed E-state index contributed by atoms with van der Waals surface area (Å²) in [6.07, 6.45) is 13.2. The van der Waals surface area contributed by atoms with Crippen LogP contribution in [0.5, 0.6) is 0 Å². The second-order valence-corrected chi connectivity index (χ2v) is 10.4. The number of pyridine rings is 1. The van der Waals surface area contributed by atoms with E-state index in [0.717, 1.165) is 60.5 Å². The van der Waals surface area contributed by atoms with Gasteiger partial charge < -0.3 is 15.7 Å². The van der Waals surface area contributed by atoms with Crippen molar-refractivity contribution in [1.82, 2.24) is 19.9 Å². The van der Waals surface area contributed by atoms with E-state index >= 15 is 0 Å². The fourth-order valence-electron chi connectivity index (χ4n) is 5.77. The summed E-state index contributed by atoms with van der Waals surface area (Å²) in [5.41, 5.74) is 1.86. The Morgan fingerprint density at radius 3 is 2.60 bits per heavy atom. The van der Waals surface area contributed by atoms with Gasteiger partial charge in [-0.05, 0) is 62.0 Å². The molecule has 7 heteroatoms. The molecule has 0 bridgehead atoms. The van der Waals surface area contributed by atoms with Gasteiger partial charge in [-0.2, -0.15) is 4.98 Å². The zero-order valence-electron chi connectivity index (χ0n) is 20.9. The molecule has 2 aliphatic carbocycles. The van der Waals surface area contributed by atoms with Gasteiger partial charge in [0.15, 0.2) is 0 Å². The lowest BCUT2D eigenvalue weighted by Crippen LogP contribution is -2.31. The minimum absolute atomic E-state index is 0.0200. The molecule has 2 fully saturated rings. The highest BCUT2D eigenvalue weighted by molar-refractivity contribution is 6.04. The number of aliphatic hydroxyl groups is 1. The van der Waals surface area contributed by atoms with Gasteiger partial charge in [-0.15, -0.1) is 0 Å². The fourth-order valence-corrected chi connectivity index (χ4v) is 5.77. The van der Waals surface area contributed by atoms with Crippen LogP contribution in [-0.2, 0) is 6.54 Å². The summed E-state index contributed by atoms with van der Waals surface area (Å²) in [5.74, 6) is 0.572. The lowest BCUT2D eigenvalue weighted by molar-refractivity contribution is 0.111. The summed E-state index contributed by atoms with van der Waals surface area (Å²) in [6, 6.07) is 6.88. The molecule has 0 aliphatic heterocycles. The first-order valence-corrected chi connectivity index (χ1v) is 13.6. The van der Waals surface area contributed by atoms with Gasteiger partial charge in [-0.3, -0.25) is 9.36 Å². The molecular weight excluding hydrogens is 438 g/mol. The van der Waals surface area contributed by atoms with E-state index in [2.05, 4.69) is 40.7 Å². The number of hydrogen-bond donors (Lipinski definition) is 3. The molecule has 2 aromatic heterocycles. The summed E-state index contributed by atoms with van der Waals surface area (Å²) in [5, 5.41) is 19.7. The number of fused-ring (bicyclic) bond motifs is 3. The quantitative estimate of drug-likeness (QED) is 0.310. The summed E-state index contributed by atoms with van der Waals surface area (Å²) in [6.45, 7) is 3.75. The summed E-state index contributed by atoms with van der Waals surface area (Å²) < 4.78 is 1.90. The largest absolute Gasteiger partial charge is 0.393 e. The normalized spacial score (nSPS) is 21.5. The molecule has 0 spiro atoms. The second kappa shape index (κ2) is 11.0. The van der Waals surface area contributed by atoms with Crippen LogP contribution in [-0.4, -0.2) is 38.3 Å². The smallest absolute Gasteiger partial charge is 0.260 e. The van der Waals surface area contributed by atoms with Crippen LogP contribution in [0, 0.1) is 0 Å². The zero-order chi connectivity index (χ0) is 24.2. The van der Waals surface area contributed by atoms with Crippen molar-refractivity contribution in [3.8, 4) is 0 Å². The molecule has 0 saturated heterocycles. The van der Waals surface area contributed by atoms with Crippen LogP contribution in [0.1, 0.15) is 89.2 Å². The van der Waals surface area contributed by atoms with E-state index in [9.17, 15) is 9.90 Å². The van der Waals surface area contributed by atoms with E-state index in [1.165, 1.54) is 32.1 Å². The number of aliphatic hydroxyl groups excluding tert-OH is 1. The summed E-state index contributed by atoms with van der Waals surface area (Å²) in [4.78, 5) is 23.4. The van der Waals surface area contributed by atoms with Crippen LogP contribution in [0.4, 0.5) is 5.95 Å². The van der Waals surface area contributed by atoms with Crippen LogP contribution in [0.3, 0.4) is 0 Å². The van der Waals surface area contributed by atoms with Crippen molar-refractivity contribution in [3.05, 3.63) is 40.3 Å². The Kier molecular flexibility index (Phi) is 7.63. The summed E-state index contributed by atoms with van der Waals surface area (Å²) >= 11 is 0. The average molecular weight is 478 g/mol. The maximum absolute atomic E-state index is 14.0. The SMILES string of the molecule is CCCCNc1ncc2c3ccc(CNC4CCCCC4)cc3c(=O)n(C3CCC(O)CC3)c2n1. The monoisotopic (exact) mass is 477 g/mol. The van der Waals surface area contributed by atoms with Crippen molar-refractivity contribution < 1.29 is 5.11 Å². The van der Waals surface area contributed by atoms with Crippen molar-refractivity contribution in [3.63, 3.8) is 0 Å². The Hall–Kier alpha value is -2.51. The molecule has 0 radical (unpaired) electrons. The minimum Gasteiger partial charge on any atom is -0.393 e. The molecule has 188 valence electrons. The molecular formula is C28H39N5O2. The highest BCUT2D eigenvalue weighted by Gasteiger charge is 2.25. The van der Waals surface area contributed by atoms with Gasteiger partial charge in [-0.25, -0.2) is 4.98 Å². The molecule has 7 nitrogen and oxygen atoms in total. The number of hydrogen-bond acceptors (Lipinski definition) is 6. The van der Waals surface area contributed by atoms with Crippen molar-refractivity contribution in [2.24, 2.45) is 0 Å². The predicted octanol–water partition coefficient (Wildman–Crippen LogP) is 5.06. The standard InChI is InChI=1S/C28H39N5O2/c1-2-3-15-29-28-31-18-25-23-14-9-19(17-30-20-7-5-4-6-8-20)16-24(23)27(35)33(26(25)32-28)21-10-12-22(34)13-11-21/h9,14,16,18,20-22,30,34H,2-8,10-13,15,17H2,1H3,(H,29,31,32). The van der Waals surface area contributed by atoms with Crippen molar-refractivity contribution in [1.29, 1.82) is 0 Å². The summed E-state index contributed by atoms with van der Waals surface area (Å²) in [7, 11) is 0. The number of benzene rings is 1. The fraction of sp³-hybridized carbons (Fsp3) is 0.607. The van der Waals surface area contributed by atoms with E-state index in [1.807, 2.05) is 10.8 Å². The van der Waals surface area contributed by atoms with Crippen LogP contribution in [0.15, 0.2) is 29.2 Å². The third-order valence-corrected chi connectivity index (χ3v) is 7.87. The molecule has 0 unspecified atom stereocenters. The molecule has 2 heterocycles. The minimum atomic E-state index is -0.271. The molecule has 3 N–H and O–H groups in total. The molecule has 5 rings (SSSR count). The zero-order valence-corrected chi connectivity index (χ0v) is 20.9. The van der Waals surface area contributed by atoms with Crippen LogP contribution in [0.2, 0.25) is 0 Å². The number of nitrogens with zero attached hydrogens (tertiary/aromatic N) is 3. The van der Waals surface area contributed by atoms with Crippen LogP contribution in [0.25, 0.3) is 21.8 Å². The van der Waals surface area contributed by atoms with E-state index < -0.39 is 0 Å². The molecule has 1 aromatic carbocycles. The Bertz CT molecular complexity index is 1210. The van der Waals surface area contributed by atoms with Gasteiger partial charge >= 0.3 is 0 Å². The maximum atomic E-state index is 14.0. The first kappa shape index (κ1) is 24.2. The van der Waals surface area contributed by atoms with E-state index in [0.29, 0.717) is 30.5 Å². The molecule has 0 amide bonds. The van der Waals surface area contributed by atoms with E-state index in [4.69, 9.17) is 4.98 Å².